The molecular formula is C23H29N7O. The van der Waals surface area contributed by atoms with Crippen molar-refractivity contribution in [2.24, 2.45) is 0 Å². The van der Waals surface area contributed by atoms with Crippen molar-refractivity contribution < 1.29 is 5.11 Å². The van der Waals surface area contributed by atoms with Crippen LogP contribution in [0.25, 0.3) is 22.5 Å². The first-order valence-electron chi connectivity index (χ1n) is 10.5. The van der Waals surface area contributed by atoms with Crippen molar-refractivity contribution in [1.29, 1.82) is 0 Å². The van der Waals surface area contributed by atoms with E-state index in [-0.39, 0.29) is 16.8 Å². The van der Waals surface area contributed by atoms with Gasteiger partial charge >= 0.3 is 0 Å². The summed E-state index contributed by atoms with van der Waals surface area (Å²) in [7, 11) is 2.02. The van der Waals surface area contributed by atoms with Gasteiger partial charge in [0.1, 0.15) is 11.4 Å². The maximum Gasteiger partial charge on any atom is 0.245 e. The number of piperidine rings is 1. The molecule has 0 atom stereocenters. The Bertz CT molecular complexity index is 1040. The highest BCUT2D eigenvalue weighted by Gasteiger charge is 2.39. The van der Waals surface area contributed by atoms with Gasteiger partial charge in [-0.25, -0.2) is 4.98 Å². The largest absolute Gasteiger partial charge is 0.507 e. The molecule has 1 saturated heterocycles. The molecule has 1 aliphatic rings. The van der Waals surface area contributed by atoms with Crippen LogP contribution in [0.4, 0.5) is 5.95 Å². The van der Waals surface area contributed by atoms with Crippen LogP contribution in [0.2, 0.25) is 0 Å². The number of phenols is 1. The molecule has 0 amide bonds. The van der Waals surface area contributed by atoms with E-state index in [1.54, 1.807) is 24.5 Å². The molecule has 1 aliphatic heterocycles. The number of aromatic hydroxyl groups is 1. The van der Waals surface area contributed by atoms with Crippen LogP contribution < -0.4 is 10.2 Å². The fraction of sp³-hybridized carbons (Fsp3) is 0.435. The number of hydrogen-bond donors (Lipinski definition) is 2. The maximum absolute atomic E-state index is 10.5. The molecule has 2 aromatic heterocycles. The van der Waals surface area contributed by atoms with E-state index in [1.807, 2.05) is 25.2 Å². The Balaban J connectivity index is 1.54. The summed E-state index contributed by atoms with van der Waals surface area (Å²) in [5, 5.41) is 30.9. The highest BCUT2D eigenvalue weighted by Crippen LogP contribution is 2.33. The fourth-order valence-corrected chi connectivity index (χ4v) is 4.62. The molecule has 1 fully saturated rings. The Morgan fingerprint density at radius 2 is 1.74 bits per heavy atom. The molecule has 4 rings (SSSR count). The number of rotatable bonds is 4. The first-order valence-corrected chi connectivity index (χ1v) is 10.5. The van der Waals surface area contributed by atoms with Crippen molar-refractivity contribution >= 4 is 5.95 Å². The van der Waals surface area contributed by atoms with Crippen molar-refractivity contribution in [3.63, 3.8) is 0 Å². The number of anilines is 1. The molecule has 3 heterocycles. The zero-order valence-electron chi connectivity index (χ0n) is 18.7. The second kappa shape index (κ2) is 7.85. The molecule has 0 spiro atoms. The van der Waals surface area contributed by atoms with Gasteiger partial charge in [-0.3, -0.25) is 0 Å². The Hall–Kier alpha value is -3.13. The topological polar surface area (TPSA) is 100.0 Å². The van der Waals surface area contributed by atoms with Crippen molar-refractivity contribution in [3.8, 4) is 28.3 Å². The second-order valence-electron chi connectivity index (χ2n) is 9.55. The molecule has 3 aromatic rings. The van der Waals surface area contributed by atoms with Gasteiger partial charge in [-0.05, 0) is 64.8 Å². The molecule has 0 saturated carbocycles. The van der Waals surface area contributed by atoms with Crippen LogP contribution >= 0.6 is 0 Å². The van der Waals surface area contributed by atoms with Gasteiger partial charge < -0.3 is 15.3 Å². The summed E-state index contributed by atoms with van der Waals surface area (Å²) < 4.78 is 0. The Morgan fingerprint density at radius 1 is 1.00 bits per heavy atom. The average Bonchev–Trinajstić information content (AvgIpc) is 2.72. The van der Waals surface area contributed by atoms with E-state index in [0.29, 0.717) is 28.9 Å². The molecule has 0 radical (unpaired) electrons. The summed E-state index contributed by atoms with van der Waals surface area (Å²) in [4.78, 5) is 6.66. The van der Waals surface area contributed by atoms with Gasteiger partial charge in [-0.2, -0.15) is 10.2 Å². The predicted octanol–water partition coefficient (Wildman–Crippen LogP) is 3.45. The quantitative estimate of drug-likeness (QED) is 0.663. The van der Waals surface area contributed by atoms with Crippen LogP contribution in [0.5, 0.6) is 5.75 Å². The maximum atomic E-state index is 10.5. The van der Waals surface area contributed by atoms with E-state index in [4.69, 9.17) is 0 Å². The number of hydrogen-bond acceptors (Lipinski definition) is 8. The van der Waals surface area contributed by atoms with Crippen LogP contribution in [0.3, 0.4) is 0 Å². The normalized spacial score (nSPS) is 18.0. The molecule has 0 bridgehead atoms. The smallest absolute Gasteiger partial charge is 0.245 e. The van der Waals surface area contributed by atoms with Crippen LogP contribution in [-0.2, 0) is 0 Å². The van der Waals surface area contributed by atoms with Gasteiger partial charge in [0.15, 0.2) is 0 Å². The molecule has 162 valence electrons. The summed E-state index contributed by atoms with van der Waals surface area (Å²) in [6.45, 7) is 8.91. The van der Waals surface area contributed by atoms with E-state index in [0.717, 1.165) is 18.4 Å². The molecule has 0 unspecified atom stereocenters. The summed E-state index contributed by atoms with van der Waals surface area (Å²) >= 11 is 0. The van der Waals surface area contributed by atoms with Gasteiger partial charge in [0.05, 0.1) is 11.9 Å². The van der Waals surface area contributed by atoms with Gasteiger partial charge in [-0.1, -0.05) is 6.07 Å². The number of nitrogens with one attached hydrogen (secondary N) is 1. The van der Waals surface area contributed by atoms with E-state index in [1.165, 1.54) is 0 Å². The minimum Gasteiger partial charge on any atom is -0.507 e. The predicted molar refractivity (Wildman–Crippen MR) is 121 cm³/mol. The van der Waals surface area contributed by atoms with Crippen molar-refractivity contribution in [2.45, 2.75) is 57.7 Å². The lowest BCUT2D eigenvalue weighted by molar-refractivity contribution is 0.160. The number of nitrogens with zero attached hydrogens (tertiary/aromatic N) is 6. The third kappa shape index (κ3) is 4.64. The Morgan fingerprint density at radius 3 is 2.32 bits per heavy atom. The molecule has 0 aliphatic carbocycles. The molecule has 8 nitrogen and oxygen atoms in total. The van der Waals surface area contributed by atoms with E-state index < -0.39 is 0 Å². The van der Waals surface area contributed by atoms with E-state index in [2.05, 4.69) is 63.3 Å². The molecular weight excluding hydrogens is 390 g/mol. The molecule has 2 N–H and O–H groups in total. The number of benzene rings is 1. The van der Waals surface area contributed by atoms with Crippen LogP contribution in [0, 0.1) is 0 Å². The third-order valence-electron chi connectivity index (χ3n) is 5.72. The van der Waals surface area contributed by atoms with Gasteiger partial charge in [0.25, 0.3) is 0 Å². The fourth-order valence-electron chi connectivity index (χ4n) is 4.62. The minimum absolute atomic E-state index is 0.0325. The van der Waals surface area contributed by atoms with E-state index >= 15 is 0 Å². The number of phenolic OH excluding ortho intramolecular Hbond substituents is 1. The zero-order chi connectivity index (χ0) is 22.2. The summed E-state index contributed by atoms with van der Waals surface area (Å²) in [5.41, 5.74) is 2.63. The Kier molecular flexibility index (Phi) is 5.35. The second-order valence-corrected chi connectivity index (χ2v) is 9.55. The first-order chi connectivity index (χ1) is 14.6. The Labute approximate surface area is 182 Å². The number of aromatic nitrogens is 5. The van der Waals surface area contributed by atoms with Gasteiger partial charge in [0.2, 0.25) is 5.95 Å². The molecule has 1 aromatic carbocycles. The SMILES string of the molecule is CN(c1ncc(-c2ccc(-c3cccnn3)cc2O)nn1)C1CC(C)(C)NC(C)(C)C1. The standard InChI is InChI=1S/C23H29N7O/c1-22(2)12-16(13-23(3,4)29-22)30(5)21-24-14-19(27-28-21)17-9-8-15(11-20(17)31)18-7-6-10-25-26-18/h6-11,14,16,29,31H,12-13H2,1-5H3. The lowest BCUT2D eigenvalue weighted by Gasteiger charge is -2.48. The van der Waals surface area contributed by atoms with Crippen LogP contribution in [0.15, 0.2) is 42.7 Å². The minimum atomic E-state index is 0.0325. The summed E-state index contributed by atoms with van der Waals surface area (Å²) in [5.74, 6) is 0.681. The summed E-state index contributed by atoms with van der Waals surface area (Å²) in [6.07, 6.45) is 5.25. The van der Waals surface area contributed by atoms with Crippen LogP contribution in [-0.4, -0.2) is 54.7 Å². The first kappa shape index (κ1) is 21.1. The highest BCUT2D eigenvalue weighted by atomic mass is 16.3. The average molecular weight is 420 g/mol. The van der Waals surface area contributed by atoms with Crippen molar-refractivity contribution in [1.82, 2.24) is 30.7 Å². The monoisotopic (exact) mass is 419 g/mol. The lowest BCUT2D eigenvalue weighted by atomic mass is 9.79. The van der Waals surface area contributed by atoms with Crippen molar-refractivity contribution in [3.05, 3.63) is 42.7 Å². The van der Waals surface area contributed by atoms with Crippen LogP contribution in [0.1, 0.15) is 40.5 Å². The highest BCUT2D eigenvalue weighted by molar-refractivity contribution is 5.72. The van der Waals surface area contributed by atoms with Crippen molar-refractivity contribution in [2.75, 3.05) is 11.9 Å². The molecule has 8 heteroatoms. The summed E-state index contributed by atoms with van der Waals surface area (Å²) in [6, 6.07) is 9.28. The van der Waals surface area contributed by atoms with Gasteiger partial charge in [0, 0.05) is 41.5 Å². The lowest BCUT2D eigenvalue weighted by Crippen LogP contribution is -2.62. The molecule has 31 heavy (non-hydrogen) atoms. The zero-order valence-corrected chi connectivity index (χ0v) is 18.7. The van der Waals surface area contributed by atoms with E-state index in [9.17, 15) is 5.11 Å². The third-order valence-corrected chi connectivity index (χ3v) is 5.72. The van der Waals surface area contributed by atoms with Gasteiger partial charge in [-0.15, -0.1) is 10.2 Å².